The van der Waals surface area contributed by atoms with Crippen LogP contribution in [0, 0.1) is 17.0 Å². The number of hydrogen-bond acceptors (Lipinski definition) is 4. The number of hydrogen-bond donors (Lipinski definition) is 1. The predicted molar refractivity (Wildman–Crippen MR) is 99.0 cm³/mol. The minimum atomic E-state index is -0.383. The van der Waals surface area contributed by atoms with E-state index in [4.69, 9.17) is 11.6 Å². The molecule has 1 unspecified atom stereocenters. The third kappa shape index (κ3) is 3.95. The Morgan fingerprint density at radius 3 is 2.60 bits per heavy atom. The number of aryl methyl sites for hydroxylation is 1. The highest BCUT2D eigenvalue weighted by atomic mass is 35.5. The molecule has 3 aromatic rings. The monoisotopic (exact) mass is 353 g/mol. The van der Waals surface area contributed by atoms with E-state index in [1.54, 1.807) is 25.3 Å². The molecule has 3 rings (SSSR count). The summed E-state index contributed by atoms with van der Waals surface area (Å²) in [5.74, 6) is 0. The summed E-state index contributed by atoms with van der Waals surface area (Å²) in [4.78, 5) is 15.0. The van der Waals surface area contributed by atoms with E-state index in [0.717, 1.165) is 16.9 Å². The van der Waals surface area contributed by atoms with E-state index < -0.39 is 0 Å². The van der Waals surface area contributed by atoms with Crippen LogP contribution in [0.15, 0.2) is 66.9 Å². The van der Waals surface area contributed by atoms with Crippen LogP contribution in [0.1, 0.15) is 22.9 Å². The van der Waals surface area contributed by atoms with Crippen molar-refractivity contribution < 1.29 is 4.92 Å². The van der Waals surface area contributed by atoms with Crippen LogP contribution in [0.5, 0.6) is 0 Å². The number of nitro groups is 1. The summed E-state index contributed by atoms with van der Waals surface area (Å²) in [7, 11) is 0. The lowest BCUT2D eigenvalue weighted by Crippen LogP contribution is -2.14. The molecular weight excluding hydrogens is 338 g/mol. The number of pyridine rings is 1. The smallest absolute Gasteiger partial charge is 0.272 e. The van der Waals surface area contributed by atoms with Gasteiger partial charge in [-0.05, 0) is 48.9 Å². The van der Waals surface area contributed by atoms with E-state index in [2.05, 4.69) is 10.3 Å². The fourth-order valence-electron chi connectivity index (χ4n) is 2.68. The number of nitrogens with one attached hydrogen (secondary N) is 1. The highest BCUT2D eigenvalue weighted by molar-refractivity contribution is 6.30. The SMILES string of the molecule is Cc1cc(NC(c2cccc(Cl)c2)c2ccccn2)ccc1[N+](=O)[O-]. The molecular formula is C19H16ClN3O2. The summed E-state index contributed by atoms with van der Waals surface area (Å²) in [5.41, 5.74) is 3.27. The number of halogens is 1. The molecule has 1 atom stereocenters. The van der Waals surface area contributed by atoms with E-state index in [-0.39, 0.29) is 16.7 Å². The molecule has 0 spiro atoms. The average Bonchev–Trinajstić information content (AvgIpc) is 2.60. The first-order valence-corrected chi connectivity index (χ1v) is 8.10. The minimum Gasteiger partial charge on any atom is -0.373 e. The van der Waals surface area contributed by atoms with Gasteiger partial charge in [-0.1, -0.05) is 29.8 Å². The summed E-state index contributed by atoms with van der Waals surface area (Å²) >= 11 is 6.14. The second kappa shape index (κ2) is 7.32. The Hall–Kier alpha value is -2.92. The highest BCUT2D eigenvalue weighted by Gasteiger charge is 2.17. The fraction of sp³-hybridized carbons (Fsp3) is 0.105. The van der Waals surface area contributed by atoms with Crippen molar-refractivity contribution >= 4 is 23.0 Å². The molecule has 1 aromatic heterocycles. The van der Waals surface area contributed by atoms with Crippen molar-refractivity contribution in [2.45, 2.75) is 13.0 Å². The maximum Gasteiger partial charge on any atom is 0.272 e. The number of benzene rings is 2. The summed E-state index contributed by atoms with van der Waals surface area (Å²) in [6, 6.07) is 18.0. The molecule has 0 aliphatic heterocycles. The molecule has 0 aliphatic rings. The molecule has 0 saturated heterocycles. The van der Waals surface area contributed by atoms with Gasteiger partial charge in [0, 0.05) is 28.5 Å². The molecule has 1 heterocycles. The Morgan fingerprint density at radius 1 is 1.12 bits per heavy atom. The van der Waals surface area contributed by atoms with Gasteiger partial charge in [0.15, 0.2) is 0 Å². The van der Waals surface area contributed by atoms with Crippen LogP contribution in [-0.4, -0.2) is 9.91 Å². The topological polar surface area (TPSA) is 68.1 Å². The van der Waals surface area contributed by atoms with Gasteiger partial charge in [-0.25, -0.2) is 0 Å². The third-order valence-corrected chi connectivity index (χ3v) is 4.11. The van der Waals surface area contributed by atoms with Gasteiger partial charge in [-0.2, -0.15) is 0 Å². The number of nitro benzene ring substituents is 1. The molecule has 5 nitrogen and oxygen atoms in total. The van der Waals surface area contributed by atoms with Crippen molar-refractivity contribution in [3.63, 3.8) is 0 Å². The van der Waals surface area contributed by atoms with Gasteiger partial charge in [0.2, 0.25) is 0 Å². The van der Waals surface area contributed by atoms with Gasteiger partial charge >= 0.3 is 0 Å². The lowest BCUT2D eigenvalue weighted by Gasteiger charge is -2.20. The second-order valence-electron chi connectivity index (χ2n) is 5.65. The third-order valence-electron chi connectivity index (χ3n) is 3.87. The van der Waals surface area contributed by atoms with E-state index in [1.165, 1.54) is 6.07 Å². The molecule has 25 heavy (non-hydrogen) atoms. The first-order valence-electron chi connectivity index (χ1n) is 7.72. The van der Waals surface area contributed by atoms with Crippen molar-refractivity contribution in [1.29, 1.82) is 0 Å². The Morgan fingerprint density at radius 2 is 1.96 bits per heavy atom. The number of nitrogens with zero attached hydrogens (tertiary/aromatic N) is 2. The molecule has 2 aromatic carbocycles. The van der Waals surface area contributed by atoms with Crippen molar-refractivity contribution in [2.75, 3.05) is 5.32 Å². The van der Waals surface area contributed by atoms with Crippen LogP contribution in [-0.2, 0) is 0 Å². The summed E-state index contributed by atoms with van der Waals surface area (Å²) in [5, 5.41) is 15.0. The first kappa shape index (κ1) is 16.9. The highest BCUT2D eigenvalue weighted by Crippen LogP contribution is 2.29. The van der Waals surface area contributed by atoms with Crippen LogP contribution in [0.4, 0.5) is 11.4 Å². The summed E-state index contributed by atoms with van der Waals surface area (Å²) in [6.45, 7) is 1.72. The zero-order valence-electron chi connectivity index (χ0n) is 13.5. The van der Waals surface area contributed by atoms with E-state index in [0.29, 0.717) is 10.6 Å². The first-order chi connectivity index (χ1) is 12.0. The normalized spacial score (nSPS) is 11.8. The van der Waals surface area contributed by atoms with Crippen LogP contribution in [0.25, 0.3) is 0 Å². The van der Waals surface area contributed by atoms with E-state index >= 15 is 0 Å². The second-order valence-corrected chi connectivity index (χ2v) is 6.08. The lowest BCUT2D eigenvalue weighted by atomic mass is 10.0. The Bertz CT molecular complexity index is 900. The molecule has 0 saturated carbocycles. The lowest BCUT2D eigenvalue weighted by molar-refractivity contribution is -0.385. The Balaban J connectivity index is 1.98. The van der Waals surface area contributed by atoms with Gasteiger partial charge < -0.3 is 5.32 Å². The Kier molecular flexibility index (Phi) is 4.95. The maximum absolute atomic E-state index is 11.0. The number of aromatic nitrogens is 1. The molecule has 126 valence electrons. The van der Waals surface area contributed by atoms with Gasteiger partial charge in [-0.3, -0.25) is 15.1 Å². The zero-order chi connectivity index (χ0) is 17.8. The van der Waals surface area contributed by atoms with Gasteiger partial charge in [-0.15, -0.1) is 0 Å². The fourth-order valence-corrected chi connectivity index (χ4v) is 2.88. The zero-order valence-corrected chi connectivity index (χ0v) is 14.3. The molecule has 6 heteroatoms. The number of anilines is 1. The average molecular weight is 354 g/mol. The Labute approximate surface area is 150 Å². The molecule has 0 aliphatic carbocycles. The molecule has 0 radical (unpaired) electrons. The van der Waals surface area contributed by atoms with Crippen LogP contribution in [0.2, 0.25) is 5.02 Å². The van der Waals surface area contributed by atoms with Gasteiger partial charge in [0.25, 0.3) is 5.69 Å². The van der Waals surface area contributed by atoms with Crippen LogP contribution >= 0.6 is 11.6 Å². The quantitative estimate of drug-likeness (QED) is 0.508. The minimum absolute atomic E-state index is 0.0997. The summed E-state index contributed by atoms with van der Waals surface area (Å²) < 4.78 is 0. The molecule has 1 N–H and O–H groups in total. The molecule has 0 bridgehead atoms. The molecule has 0 fully saturated rings. The van der Waals surface area contributed by atoms with Crippen LogP contribution < -0.4 is 5.32 Å². The summed E-state index contributed by atoms with van der Waals surface area (Å²) in [6.07, 6.45) is 1.73. The van der Waals surface area contributed by atoms with Crippen molar-refractivity contribution in [3.05, 3.63) is 98.8 Å². The van der Waals surface area contributed by atoms with Crippen LogP contribution in [0.3, 0.4) is 0 Å². The van der Waals surface area contributed by atoms with Gasteiger partial charge in [0.05, 0.1) is 16.7 Å². The van der Waals surface area contributed by atoms with Gasteiger partial charge in [0.1, 0.15) is 0 Å². The standard InChI is InChI=1S/C19H16ClN3O2/c1-13-11-16(8-9-18(13)23(24)25)22-19(17-7-2-3-10-21-17)14-5-4-6-15(20)12-14/h2-12,19,22H,1H3. The maximum atomic E-state index is 11.0. The van der Waals surface area contributed by atoms with Crippen molar-refractivity contribution in [2.24, 2.45) is 0 Å². The van der Waals surface area contributed by atoms with Crippen molar-refractivity contribution in [3.8, 4) is 0 Å². The van der Waals surface area contributed by atoms with E-state index in [1.807, 2.05) is 42.5 Å². The number of rotatable bonds is 5. The largest absolute Gasteiger partial charge is 0.373 e. The van der Waals surface area contributed by atoms with E-state index in [9.17, 15) is 10.1 Å². The van der Waals surface area contributed by atoms with Crippen molar-refractivity contribution in [1.82, 2.24) is 4.98 Å². The predicted octanol–water partition coefficient (Wildman–Crippen LogP) is 5.15. The molecule has 0 amide bonds.